The molecule has 0 heterocycles. The van der Waals surface area contributed by atoms with E-state index in [0.717, 1.165) is 26.4 Å². The zero-order valence-electron chi connectivity index (χ0n) is 13.1. The second-order valence-corrected chi connectivity index (χ2v) is 9.34. The maximum atomic E-state index is 12.8. The summed E-state index contributed by atoms with van der Waals surface area (Å²) in [7, 11) is -11.3. The topological polar surface area (TPSA) is 86.7 Å². The number of alkyl halides is 6. The summed E-state index contributed by atoms with van der Waals surface area (Å²) in [6.07, 6.45) is -1.65. The van der Waals surface area contributed by atoms with E-state index in [2.05, 4.69) is 0 Å². The van der Waals surface area contributed by atoms with Gasteiger partial charge in [0.15, 0.2) is 4.58 Å². The number of benzene rings is 1. The highest BCUT2D eigenvalue weighted by atomic mass is 32.3. The number of sulfone groups is 2. The van der Waals surface area contributed by atoms with Crippen LogP contribution in [-0.2, 0) is 26.1 Å². The molecule has 0 aliphatic heterocycles. The van der Waals surface area contributed by atoms with Gasteiger partial charge >= 0.3 is 11.0 Å². The molecule has 0 spiro atoms. The summed E-state index contributed by atoms with van der Waals surface area (Å²) in [5, 5.41) is 0. The minimum Gasteiger partial charge on any atom is -0.497 e. The van der Waals surface area contributed by atoms with Gasteiger partial charge in [-0.1, -0.05) is 0 Å². The Hall–Kier alpha value is -1.70. The van der Waals surface area contributed by atoms with Crippen molar-refractivity contribution in [1.29, 1.82) is 0 Å². The third-order valence-electron chi connectivity index (χ3n) is 3.21. The van der Waals surface area contributed by atoms with Crippen LogP contribution >= 0.6 is 0 Å². The highest BCUT2D eigenvalue weighted by molar-refractivity contribution is 8.09. The number of hydrogen-bond acceptors (Lipinski definition) is 6. The maximum Gasteiger partial charge on any atom is 0.498 e. The first-order chi connectivity index (χ1) is 11.6. The number of rotatable bonds is 6. The molecule has 0 aliphatic carbocycles. The monoisotopic (exact) mass is 430 g/mol. The highest BCUT2D eigenvalue weighted by Gasteiger charge is 2.62. The molecule has 0 fully saturated rings. The molecule has 0 atom stereocenters. The molecule has 0 saturated heterocycles. The van der Waals surface area contributed by atoms with Crippen molar-refractivity contribution in [1.82, 2.24) is 0 Å². The molecule has 1 aromatic rings. The van der Waals surface area contributed by atoms with E-state index in [1.807, 2.05) is 0 Å². The predicted octanol–water partition coefficient (Wildman–Crippen LogP) is 2.44. The predicted molar refractivity (Wildman–Crippen MR) is 77.0 cm³/mol. The Labute approximate surface area is 144 Å². The molecule has 0 aromatic heterocycles. The van der Waals surface area contributed by atoms with Gasteiger partial charge in [0, 0.05) is 12.0 Å². The second-order valence-electron chi connectivity index (χ2n) is 4.79. The van der Waals surface area contributed by atoms with E-state index in [1.54, 1.807) is 0 Å². The van der Waals surface area contributed by atoms with Crippen molar-refractivity contribution < 1.29 is 52.7 Å². The molecule has 14 heteroatoms. The number of ether oxygens (including phenoxy) is 2. The van der Waals surface area contributed by atoms with Gasteiger partial charge in [-0.25, -0.2) is 16.8 Å². The van der Waals surface area contributed by atoms with Crippen LogP contribution in [0.5, 0.6) is 11.5 Å². The molecule has 0 saturated carbocycles. The zero-order valence-corrected chi connectivity index (χ0v) is 14.7. The van der Waals surface area contributed by atoms with Gasteiger partial charge in [0.25, 0.3) is 19.7 Å². The van der Waals surface area contributed by atoms with Crippen molar-refractivity contribution >= 4 is 19.7 Å². The van der Waals surface area contributed by atoms with Gasteiger partial charge < -0.3 is 9.47 Å². The summed E-state index contributed by atoms with van der Waals surface area (Å²) in [4.78, 5) is 0. The van der Waals surface area contributed by atoms with Gasteiger partial charge in [0.05, 0.1) is 14.2 Å². The van der Waals surface area contributed by atoms with Crippen LogP contribution in [0, 0.1) is 0 Å². The van der Waals surface area contributed by atoms with Crippen LogP contribution in [0.1, 0.15) is 5.56 Å². The first kappa shape index (κ1) is 22.3. The number of hydrogen-bond donors (Lipinski definition) is 0. The van der Waals surface area contributed by atoms with E-state index in [4.69, 9.17) is 9.47 Å². The van der Waals surface area contributed by atoms with E-state index >= 15 is 0 Å². The molecule has 6 nitrogen and oxygen atoms in total. The average molecular weight is 430 g/mol. The SMILES string of the molecule is COc1ccc(OC)c(CC(S(=O)(=O)C(F)(F)F)S(=O)(=O)C(F)(F)F)c1. The van der Waals surface area contributed by atoms with Crippen molar-refractivity contribution in [3.05, 3.63) is 23.8 Å². The lowest BCUT2D eigenvalue weighted by atomic mass is 10.1. The first-order valence-electron chi connectivity index (χ1n) is 6.40. The Kier molecular flexibility index (Phi) is 6.13. The zero-order chi connectivity index (χ0) is 20.6. The van der Waals surface area contributed by atoms with Crippen LogP contribution in [0.4, 0.5) is 26.3 Å². The van der Waals surface area contributed by atoms with Crippen molar-refractivity contribution in [2.24, 2.45) is 0 Å². The Morgan fingerprint density at radius 2 is 1.35 bits per heavy atom. The summed E-state index contributed by atoms with van der Waals surface area (Å²) in [5.74, 6) is -0.376. The van der Waals surface area contributed by atoms with Gasteiger partial charge in [-0.15, -0.1) is 0 Å². The van der Waals surface area contributed by atoms with Crippen LogP contribution in [0.2, 0.25) is 0 Å². The maximum absolute atomic E-state index is 12.8. The van der Waals surface area contributed by atoms with E-state index in [9.17, 15) is 43.2 Å². The van der Waals surface area contributed by atoms with E-state index in [-0.39, 0.29) is 11.5 Å². The van der Waals surface area contributed by atoms with E-state index in [0.29, 0.717) is 0 Å². The van der Waals surface area contributed by atoms with Crippen LogP contribution in [0.15, 0.2) is 18.2 Å². The largest absolute Gasteiger partial charge is 0.498 e. The van der Waals surface area contributed by atoms with E-state index in [1.165, 1.54) is 6.07 Å². The highest BCUT2D eigenvalue weighted by Crippen LogP contribution is 2.39. The molecule has 0 aliphatic rings. The molecular weight excluding hydrogens is 418 g/mol. The van der Waals surface area contributed by atoms with Crippen LogP contribution in [0.25, 0.3) is 0 Å². The Morgan fingerprint density at radius 1 is 0.885 bits per heavy atom. The van der Waals surface area contributed by atoms with Crippen molar-refractivity contribution in [2.75, 3.05) is 14.2 Å². The van der Waals surface area contributed by atoms with Crippen LogP contribution in [0.3, 0.4) is 0 Å². The molecule has 1 rings (SSSR count). The summed E-state index contributed by atoms with van der Waals surface area (Å²) in [6, 6.07) is 3.18. The molecule has 0 unspecified atom stereocenters. The fourth-order valence-electron chi connectivity index (χ4n) is 1.91. The third-order valence-corrected chi connectivity index (χ3v) is 7.74. The third kappa shape index (κ3) is 4.16. The standard InChI is InChI=1S/C12H12F6O6S2/c1-23-8-3-4-9(24-2)7(5-8)6-10(25(19,20)11(13,14)15)26(21,22)12(16,17)18/h3-5,10H,6H2,1-2H3. The van der Waals surface area contributed by atoms with Gasteiger partial charge in [-0.05, 0) is 18.2 Å². The summed E-state index contributed by atoms with van der Waals surface area (Å²) >= 11 is 0. The average Bonchev–Trinajstić information content (AvgIpc) is 2.49. The molecule has 1 aromatic carbocycles. The van der Waals surface area contributed by atoms with Crippen LogP contribution < -0.4 is 9.47 Å². The lowest BCUT2D eigenvalue weighted by Crippen LogP contribution is -2.46. The number of methoxy groups -OCH3 is 2. The molecule has 150 valence electrons. The summed E-state index contributed by atoms with van der Waals surface area (Å²) in [6.45, 7) is 0. The van der Waals surface area contributed by atoms with Crippen LogP contribution in [-0.4, -0.2) is 46.7 Å². The van der Waals surface area contributed by atoms with Gasteiger partial charge in [0.1, 0.15) is 11.5 Å². The minimum absolute atomic E-state index is 0.0617. The van der Waals surface area contributed by atoms with Gasteiger partial charge in [-0.3, -0.25) is 0 Å². The second kappa shape index (κ2) is 7.13. The first-order valence-corrected chi connectivity index (χ1v) is 9.50. The minimum atomic E-state index is -6.73. The molecular formula is C12H12F6O6S2. The summed E-state index contributed by atoms with van der Waals surface area (Å²) in [5.41, 5.74) is -13.0. The summed E-state index contributed by atoms with van der Waals surface area (Å²) < 4.78 is 128. The van der Waals surface area contributed by atoms with Crippen molar-refractivity contribution in [3.63, 3.8) is 0 Å². The van der Waals surface area contributed by atoms with Crippen molar-refractivity contribution in [2.45, 2.75) is 22.0 Å². The molecule has 26 heavy (non-hydrogen) atoms. The molecule has 0 radical (unpaired) electrons. The number of halogens is 6. The van der Waals surface area contributed by atoms with E-state index < -0.39 is 47.3 Å². The lowest BCUT2D eigenvalue weighted by Gasteiger charge is -2.22. The van der Waals surface area contributed by atoms with Gasteiger partial charge in [-0.2, -0.15) is 26.3 Å². The fourth-order valence-corrected chi connectivity index (χ4v) is 5.29. The molecule has 0 amide bonds. The fraction of sp³-hybridized carbons (Fsp3) is 0.500. The molecule has 0 N–H and O–H groups in total. The molecule has 0 bridgehead atoms. The lowest BCUT2D eigenvalue weighted by molar-refractivity contribution is -0.0471. The Balaban J connectivity index is 3.66. The van der Waals surface area contributed by atoms with Gasteiger partial charge in [0.2, 0.25) is 0 Å². The normalized spacial score (nSPS) is 13.7. The quantitative estimate of drug-likeness (QED) is 0.645. The Bertz CT molecular complexity index is 813. The Morgan fingerprint density at radius 3 is 1.69 bits per heavy atom. The smallest absolute Gasteiger partial charge is 0.497 e. The van der Waals surface area contributed by atoms with Crippen molar-refractivity contribution in [3.8, 4) is 11.5 Å².